The first kappa shape index (κ1) is 32.9. The van der Waals surface area contributed by atoms with Crippen LogP contribution in [0.3, 0.4) is 0 Å². The first-order valence-electron chi connectivity index (χ1n) is 15.3. The average Bonchev–Trinajstić information content (AvgIpc) is 3.13. The molecule has 1 fully saturated rings. The van der Waals surface area contributed by atoms with Crippen molar-refractivity contribution in [3.05, 3.63) is 137 Å². The molecule has 6 rings (SSSR count). The summed E-state index contributed by atoms with van der Waals surface area (Å²) in [5.74, 6) is 0.247. The van der Waals surface area contributed by atoms with E-state index in [2.05, 4.69) is 10.6 Å². The molecule has 244 valence electrons. The summed E-state index contributed by atoms with van der Waals surface area (Å²) in [4.78, 5) is 54.9. The van der Waals surface area contributed by atoms with Gasteiger partial charge in [0, 0.05) is 27.7 Å². The number of hydrogen-bond acceptors (Lipinski definition) is 8. The van der Waals surface area contributed by atoms with E-state index in [1.807, 2.05) is 84.9 Å². The molecule has 0 aliphatic carbocycles. The Kier molecular flexibility index (Phi) is 10.5. The minimum Gasteiger partial charge on any atom is -0.497 e. The molecular weight excluding hydrogens is 647 g/mol. The summed E-state index contributed by atoms with van der Waals surface area (Å²) in [6.07, 6.45) is 0.158. The van der Waals surface area contributed by atoms with Gasteiger partial charge in [-0.3, -0.25) is 19.3 Å². The molecule has 0 bridgehead atoms. The normalized spacial score (nSPS) is 16.8. The molecule has 0 spiro atoms. The highest BCUT2D eigenvalue weighted by Crippen LogP contribution is 2.42. The molecule has 11 heteroatoms. The highest BCUT2D eigenvalue weighted by atomic mass is 32.2. The number of carbonyl (C=O) groups is 4. The van der Waals surface area contributed by atoms with Gasteiger partial charge in [-0.25, -0.2) is 4.79 Å². The zero-order valence-electron chi connectivity index (χ0n) is 26.1. The third-order valence-electron chi connectivity index (χ3n) is 7.85. The number of ether oxygens (including phenoxy) is 2. The van der Waals surface area contributed by atoms with Crippen molar-refractivity contribution in [1.29, 1.82) is 0 Å². The van der Waals surface area contributed by atoms with Gasteiger partial charge in [0.05, 0.1) is 13.5 Å². The van der Waals surface area contributed by atoms with E-state index in [9.17, 15) is 19.2 Å². The Morgan fingerprint density at radius 3 is 2.25 bits per heavy atom. The Morgan fingerprint density at radius 2 is 1.56 bits per heavy atom. The second kappa shape index (κ2) is 15.3. The van der Waals surface area contributed by atoms with Crippen LogP contribution in [0.5, 0.6) is 5.75 Å². The Labute approximate surface area is 287 Å². The predicted molar refractivity (Wildman–Crippen MR) is 187 cm³/mol. The van der Waals surface area contributed by atoms with Crippen LogP contribution in [0.2, 0.25) is 0 Å². The molecule has 2 N–H and O–H groups in total. The molecule has 0 unspecified atom stereocenters. The third-order valence-corrected chi connectivity index (χ3v) is 10.3. The van der Waals surface area contributed by atoms with Crippen molar-refractivity contribution in [2.75, 3.05) is 23.9 Å². The summed E-state index contributed by atoms with van der Waals surface area (Å²) in [5, 5.41) is 5.35. The molecule has 2 aliphatic heterocycles. The molecule has 0 aromatic heterocycles. The number of rotatable bonds is 12. The lowest BCUT2D eigenvalue weighted by molar-refractivity contribution is -0.153. The summed E-state index contributed by atoms with van der Waals surface area (Å²) < 4.78 is 10.9. The number of fused-ring (bicyclic) bond motifs is 1. The maximum absolute atomic E-state index is 13.6. The standard InChI is InChI=1S/C37H33N3O6S2/c1-45-29-16-12-25(13-17-29)21-46-37(44)33-27(22-47-30-18-14-28(15-19-30)38-34(42)26-10-6-3-7-11-26)23-48-36-32(35(43)40(33)36)39-31(41)20-24-8-4-2-5-9-24/h2-19,32,36H,20-23H2,1H3,(H,38,42)(H,39,41)/t32-,36-/m1/s1. The van der Waals surface area contributed by atoms with E-state index in [-0.39, 0.29) is 36.4 Å². The molecule has 2 atom stereocenters. The lowest BCUT2D eigenvalue weighted by Gasteiger charge is -2.49. The molecule has 9 nitrogen and oxygen atoms in total. The van der Waals surface area contributed by atoms with E-state index in [1.165, 1.54) is 28.4 Å². The van der Waals surface area contributed by atoms with Crippen LogP contribution in [-0.2, 0) is 32.1 Å². The zero-order valence-corrected chi connectivity index (χ0v) is 27.7. The smallest absolute Gasteiger partial charge is 0.355 e. The molecule has 0 saturated carbocycles. The highest BCUT2D eigenvalue weighted by molar-refractivity contribution is 8.01. The van der Waals surface area contributed by atoms with Gasteiger partial charge >= 0.3 is 5.97 Å². The fourth-order valence-corrected chi connectivity index (χ4v) is 7.71. The number of thioether (sulfide) groups is 2. The number of carbonyl (C=O) groups excluding carboxylic acids is 4. The van der Waals surface area contributed by atoms with Gasteiger partial charge in [0.1, 0.15) is 29.5 Å². The van der Waals surface area contributed by atoms with Crippen LogP contribution >= 0.6 is 23.5 Å². The van der Waals surface area contributed by atoms with E-state index in [1.54, 1.807) is 31.4 Å². The number of nitrogens with one attached hydrogen (secondary N) is 2. The molecule has 4 aromatic carbocycles. The largest absolute Gasteiger partial charge is 0.497 e. The summed E-state index contributed by atoms with van der Waals surface area (Å²) >= 11 is 3.03. The lowest BCUT2D eigenvalue weighted by Crippen LogP contribution is -2.70. The minimum atomic E-state index is -0.733. The van der Waals surface area contributed by atoms with Gasteiger partial charge in [-0.05, 0) is 65.2 Å². The lowest BCUT2D eigenvalue weighted by atomic mass is 10.0. The van der Waals surface area contributed by atoms with E-state index in [0.717, 1.165) is 21.6 Å². The van der Waals surface area contributed by atoms with Crippen molar-refractivity contribution in [2.24, 2.45) is 0 Å². The number of hydrogen-bond donors (Lipinski definition) is 2. The highest BCUT2D eigenvalue weighted by Gasteiger charge is 2.54. The monoisotopic (exact) mass is 679 g/mol. The van der Waals surface area contributed by atoms with Gasteiger partial charge in [-0.1, -0.05) is 60.7 Å². The molecule has 48 heavy (non-hydrogen) atoms. The topological polar surface area (TPSA) is 114 Å². The van der Waals surface area contributed by atoms with Crippen molar-refractivity contribution in [2.45, 2.75) is 29.3 Å². The molecule has 3 amide bonds. The SMILES string of the molecule is COc1ccc(COC(=O)C2=C(CSc3ccc(NC(=O)c4ccccc4)cc3)CS[C@@H]3[C@H](NC(=O)Cc4ccccc4)C(=O)N23)cc1. The first-order chi connectivity index (χ1) is 23.4. The van der Waals surface area contributed by atoms with Gasteiger partial charge in [-0.2, -0.15) is 0 Å². The van der Waals surface area contributed by atoms with Gasteiger partial charge in [-0.15, -0.1) is 23.5 Å². The van der Waals surface area contributed by atoms with E-state index < -0.39 is 17.4 Å². The number of benzene rings is 4. The molecule has 0 radical (unpaired) electrons. The summed E-state index contributed by atoms with van der Waals surface area (Å²) in [5.41, 5.74) is 3.86. The zero-order chi connectivity index (χ0) is 33.5. The molecule has 4 aromatic rings. The first-order valence-corrected chi connectivity index (χ1v) is 17.3. The number of anilines is 1. The Hall–Kier alpha value is -5.00. The van der Waals surface area contributed by atoms with Crippen molar-refractivity contribution < 1.29 is 28.7 Å². The fourth-order valence-electron chi connectivity index (χ4n) is 5.33. The van der Waals surface area contributed by atoms with E-state index in [0.29, 0.717) is 28.5 Å². The van der Waals surface area contributed by atoms with Crippen LogP contribution in [0.1, 0.15) is 21.5 Å². The second-order valence-corrected chi connectivity index (χ2v) is 13.3. The van der Waals surface area contributed by atoms with Gasteiger partial charge in [0.15, 0.2) is 0 Å². The molecule has 2 heterocycles. The fraction of sp³-hybridized carbons (Fsp3) is 0.189. The maximum atomic E-state index is 13.6. The van der Waals surface area contributed by atoms with Crippen LogP contribution in [0, 0.1) is 0 Å². The van der Waals surface area contributed by atoms with Crippen LogP contribution < -0.4 is 15.4 Å². The number of β-lactam (4-membered cyclic amide) rings is 1. The Bertz CT molecular complexity index is 1820. The third kappa shape index (κ3) is 7.75. The second-order valence-electron chi connectivity index (χ2n) is 11.1. The van der Waals surface area contributed by atoms with Crippen LogP contribution in [-0.4, -0.2) is 58.6 Å². The van der Waals surface area contributed by atoms with E-state index in [4.69, 9.17) is 9.47 Å². The Balaban J connectivity index is 1.14. The number of amides is 3. The van der Waals surface area contributed by atoms with Gasteiger partial charge < -0.3 is 20.1 Å². The van der Waals surface area contributed by atoms with Crippen molar-refractivity contribution in [1.82, 2.24) is 10.2 Å². The molecule has 2 aliphatic rings. The number of methoxy groups -OCH3 is 1. The molecule has 1 saturated heterocycles. The minimum absolute atomic E-state index is 0.0278. The summed E-state index contributed by atoms with van der Waals surface area (Å²) in [6, 6.07) is 32.3. The Morgan fingerprint density at radius 1 is 0.875 bits per heavy atom. The number of nitrogens with zero attached hydrogens (tertiary/aromatic N) is 1. The average molecular weight is 680 g/mol. The van der Waals surface area contributed by atoms with Gasteiger partial charge in [0.2, 0.25) is 5.91 Å². The van der Waals surface area contributed by atoms with Crippen molar-refractivity contribution >= 4 is 52.9 Å². The van der Waals surface area contributed by atoms with E-state index >= 15 is 0 Å². The number of esters is 1. The van der Waals surface area contributed by atoms with Crippen LogP contribution in [0.15, 0.2) is 125 Å². The summed E-state index contributed by atoms with van der Waals surface area (Å²) in [7, 11) is 1.58. The van der Waals surface area contributed by atoms with Crippen LogP contribution in [0.4, 0.5) is 5.69 Å². The predicted octanol–water partition coefficient (Wildman–Crippen LogP) is 5.68. The van der Waals surface area contributed by atoms with Crippen LogP contribution in [0.25, 0.3) is 0 Å². The maximum Gasteiger partial charge on any atom is 0.355 e. The molecular formula is C37H33N3O6S2. The van der Waals surface area contributed by atoms with Crippen molar-refractivity contribution in [3.63, 3.8) is 0 Å². The quantitative estimate of drug-likeness (QED) is 0.112. The van der Waals surface area contributed by atoms with Crippen molar-refractivity contribution in [3.8, 4) is 5.75 Å². The summed E-state index contributed by atoms with van der Waals surface area (Å²) in [6.45, 7) is 0.0278. The van der Waals surface area contributed by atoms with Gasteiger partial charge in [0.25, 0.3) is 11.8 Å².